The quantitative estimate of drug-likeness (QED) is 0.699. The fourth-order valence-electron chi connectivity index (χ4n) is 3.36. The Balaban J connectivity index is 2.42. The standard InChI is InChI=1S/C21H28O4Si/c1-21(2,3)26(18-10-6-4-7-11-18,19-12-8-5-9-13-19)25-16-17(22)14-15-20(23)24/h4-13,17,22H,14-16H2,1-3H3,(H,23,24). The van der Waals surface area contributed by atoms with Crippen LogP contribution in [0.15, 0.2) is 60.7 Å². The van der Waals surface area contributed by atoms with E-state index in [4.69, 9.17) is 9.53 Å². The van der Waals surface area contributed by atoms with E-state index >= 15 is 0 Å². The number of hydrogen-bond donors (Lipinski definition) is 2. The fourth-order valence-corrected chi connectivity index (χ4v) is 7.95. The van der Waals surface area contributed by atoms with Gasteiger partial charge in [0.25, 0.3) is 8.32 Å². The van der Waals surface area contributed by atoms with Crippen molar-refractivity contribution in [3.63, 3.8) is 0 Å². The summed E-state index contributed by atoms with van der Waals surface area (Å²) in [5.41, 5.74) is 0. The first-order valence-electron chi connectivity index (χ1n) is 8.92. The van der Waals surface area contributed by atoms with Crippen LogP contribution >= 0.6 is 0 Å². The first-order valence-corrected chi connectivity index (χ1v) is 10.8. The van der Waals surface area contributed by atoms with Crippen molar-refractivity contribution in [2.24, 2.45) is 0 Å². The van der Waals surface area contributed by atoms with Crippen LogP contribution in [0.5, 0.6) is 0 Å². The van der Waals surface area contributed by atoms with Gasteiger partial charge in [-0.2, -0.15) is 0 Å². The molecule has 2 N–H and O–H groups in total. The molecule has 1 unspecified atom stereocenters. The second kappa shape index (κ2) is 8.62. The van der Waals surface area contributed by atoms with E-state index in [0.29, 0.717) is 0 Å². The molecule has 0 bridgehead atoms. The van der Waals surface area contributed by atoms with Crippen molar-refractivity contribution in [1.82, 2.24) is 0 Å². The van der Waals surface area contributed by atoms with Gasteiger partial charge in [0.15, 0.2) is 0 Å². The van der Waals surface area contributed by atoms with E-state index in [0.717, 1.165) is 10.4 Å². The maximum atomic E-state index is 10.8. The number of aliphatic hydroxyl groups is 1. The maximum absolute atomic E-state index is 10.8. The van der Waals surface area contributed by atoms with E-state index in [9.17, 15) is 9.90 Å². The van der Waals surface area contributed by atoms with Gasteiger partial charge in [-0.25, -0.2) is 0 Å². The highest BCUT2D eigenvalue weighted by Crippen LogP contribution is 2.36. The summed E-state index contributed by atoms with van der Waals surface area (Å²) in [4.78, 5) is 10.8. The molecule has 2 aromatic carbocycles. The van der Waals surface area contributed by atoms with Gasteiger partial charge in [-0.3, -0.25) is 4.79 Å². The summed E-state index contributed by atoms with van der Waals surface area (Å²) in [7, 11) is -2.68. The van der Waals surface area contributed by atoms with Gasteiger partial charge < -0.3 is 14.6 Å². The summed E-state index contributed by atoms with van der Waals surface area (Å²) in [5, 5.41) is 21.2. The van der Waals surface area contributed by atoms with Crippen LogP contribution in [-0.2, 0) is 9.22 Å². The first kappa shape index (κ1) is 20.4. The molecule has 2 aromatic rings. The lowest BCUT2D eigenvalue weighted by Gasteiger charge is -2.43. The third-order valence-electron chi connectivity index (χ3n) is 4.60. The van der Waals surface area contributed by atoms with Crippen LogP contribution in [0, 0.1) is 0 Å². The minimum atomic E-state index is -2.68. The Hall–Kier alpha value is -1.95. The minimum Gasteiger partial charge on any atom is -0.481 e. The van der Waals surface area contributed by atoms with Crippen molar-refractivity contribution in [3.8, 4) is 0 Å². The average Bonchev–Trinajstić information content (AvgIpc) is 2.61. The Kier molecular flexibility index (Phi) is 6.75. The summed E-state index contributed by atoms with van der Waals surface area (Å²) in [6.07, 6.45) is -0.675. The van der Waals surface area contributed by atoms with Gasteiger partial charge in [-0.05, 0) is 21.8 Å². The molecule has 0 heterocycles. The van der Waals surface area contributed by atoms with Crippen molar-refractivity contribution in [2.75, 3.05) is 6.61 Å². The van der Waals surface area contributed by atoms with Crippen LogP contribution in [0.25, 0.3) is 0 Å². The molecule has 0 radical (unpaired) electrons. The van der Waals surface area contributed by atoms with E-state index < -0.39 is 20.4 Å². The van der Waals surface area contributed by atoms with Crippen molar-refractivity contribution in [1.29, 1.82) is 0 Å². The highest BCUT2D eigenvalue weighted by molar-refractivity contribution is 6.99. The topological polar surface area (TPSA) is 66.8 Å². The van der Waals surface area contributed by atoms with Crippen LogP contribution in [0.3, 0.4) is 0 Å². The van der Waals surface area contributed by atoms with Crippen LogP contribution < -0.4 is 10.4 Å². The number of carbonyl (C=O) groups is 1. The van der Waals surface area contributed by atoms with Gasteiger partial charge in [0.2, 0.25) is 0 Å². The predicted molar refractivity (Wildman–Crippen MR) is 106 cm³/mol. The van der Waals surface area contributed by atoms with Gasteiger partial charge in [0.1, 0.15) is 0 Å². The molecule has 0 spiro atoms. The van der Waals surface area contributed by atoms with Crippen LogP contribution in [0.2, 0.25) is 5.04 Å². The third kappa shape index (κ3) is 4.61. The zero-order valence-corrected chi connectivity index (χ0v) is 16.7. The second-order valence-electron chi connectivity index (χ2n) is 7.56. The smallest absolute Gasteiger partial charge is 0.303 e. The van der Waals surface area contributed by atoms with E-state index in [2.05, 4.69) is 45.0 Å². The molecule has 2 rings (SSSR count). The summed E-state index contributed by atoms with van der Waals surface area (Å²) in [6.45, 7) is 6.63. The molecule has 0 aliphatic carbocycles. The third-order valence-corrected chi connectivity index (χ3v) is 9.61. The van der Waals surface area contributed by atoms with Gasteiger partial charge in [-0.1, -0.05) is 81.4 Å². The Morgan fingerprint density at radius 2 is 1.46 bits per heavy atom. The SMILES string of the molecule is CC(C)(C)[Si](OCC(O)CCC(=O)O)(c1ccccc1)c1ccccc1. The number of benzene rings is 2. The lowest BCUT2D eigenvalue weighted by Crippen LogP contribution is -2.67. The Bertz CT molecular complexity index is 655. The molecule has 0 aromatic heterocycles. The Morgan fingerprint density at radius 1 is 1.00 bits per heavy atom. The van der Waals surface area contributed by atoms with Crippen molar-refractivity contribution >= 4 is 24.7 Å². The number of carboxylic acid groups (broad SMARTS) is 1. The van der Waals surface area contributed by atoms with Crippen molar-refractivity contribution < 1.29 is 19.4 Å². The summed E-state index contributed by atoms with van der Waals surface area (Å²) in [5.74, 6) is -0.908. The largest absolute Gasteiger partial charge is 0.481 e. The normalized spacial score (nSPS) is 13.4. The lowest BCUT2D eigenvalue weighted by molar-refractivity contribution is -0.137. The number of aliphatic hydroxyl groups excluding tert-OH is 1. The van der Waals surface area contributed by atoms with E-state index in [1.54, 1.807) is 0 Å². The molecular formula is C21H28O4Si. The average molecular weight is 373 g/mol. The van der Waals surface area contributed by atoms with Gasteiger partial charge in [0, 0.05) is 6.42 Å². The van der Waals surface area contributed by atoms with Gasteiger partial charge >= 0.3 is 5.97 Å². The highest BCUT2D eigenvalue weighted by atomic mass is 28.4. The number of rotatable bonds is 8. The lowest BCUT2D eigenvalue weighted by atomic mass is 10.2. The minimum absolute atomic E-state index is 0.0642. The molecule has 1 atom stereocenters. The monoisotopic (exact) mass is 372 g/mol. The van der Waals surface area contributed by atoms with Crippen LogP contribution in [0.1, 0.15) is 33.6 Å². The van der Waals surface area contributed by atoms with Gasteiger partial charge in [-0.15, -0.1) is 0 Å². The zero-order valence-electron chi connectivity index (χ0n) is 15.7. The molecule has 26 heavy (non-hydrogen) atoms. The Labute approximate surface area is 156 Å². The molecule has 140 valence electrons. The van der Waals surface area contributed by atoms with E-state index in [1.807, 2.05) is 36.4 Å². The predicted octanol–water partition coefficient (Wildman–Crippen LogP) is 2.79. The van der Waals surface area contributed by atoms with Crippen LogP contribution in [0.4, 0.5) is 0 Å². The molecule has 5 heteroatoms. The van der Waals surface area contributed by atoms with Crippen LogP contribution in [-0.4, -0.2) is 37.2 Å². The van der Waals surface area contributed by atoms with E-state index in [1.165, 1.54) is 0 Å². The molecule has 0 fully saturated rings. The highest BCUT2D eigenvalue weighted by Gasteiger charge is 2.50. The Morgan fingerprint density at radius 3 is 1.85 bits per heavy atom. The molecule has 0 aliphatic heterocycles. The zero-order chi connectivity index (χ0) is 19.2. The second-order valence-corrected chi connectivity index (χ2v) is 11.9. The number of hydrogen-bond acceptors (Lipinski definition) is 3. The molecule has 0 aliphatic rings. The number of carboxylic acids is 1. The maximum Gasteiger partial charge on any atom is 0.303 e. The first-order chi connectivity index (χ1) is 12.3. The van der Waals surface area contributed by atoms with Crippen molar-refractivity contribution in [3.05, 3.63) is 60.7 Å². The summed E-state index contributed by atoms with van der Waals surface area (Å²) in [6, 6.07) is 20.4. The summed E-state index contributed by atoms with van der Waals surface area (Å²) < 4.78 is 6.56. The number of aliphatic carboxylic acids is 1. The molecule has 0 saturated heterocycles. The molecule has 0 saturated carbocycles. The summed E-state index contributed by atoms with van der Waals surface area (Å²) >= 11 is 0. The van der Waals surface area contributed by atoms with E-state index in [-0.39, 0.29) is 24.5 Å². The molecular weight excluding hydrogens is 344 g/mol. The fraction of sp³-hybridized carbons (Fsp3) is 0.381. The van der Waals surface area contributed by atoms with Crippen molar-refractivity contribution in [2.45, 2.75) is 44.8 Å². The molecule has 0 amide bonds. The van der Waals surface area contributed by atoms with Gasteiger partial charge in [0.05, 0.1) is 12.7 Å². The molecule has 4 nitrogen and oxygen atoms in total.